The maximum Gasteiger partial charge on any atom is 0.437 e. The fraction of sp³-hybridized carbons (Fsp3) is 0.351. The Labute approximate surface area is 285 Å². The van der Waals surface area contributed by atoms with Crippen molar-refractivity contribution in [2.24, 2.45) is 15.5 Å². The number of carbonyl (C=O) groups is 1. The number of aryl methyl sites for hydroxylation is 1. The lowest BCUT2D eigenvalue weighted by Gasteiger charge is -2.18. The first-order valence-corrected chi connectivity index (χ1v) is 16.2. The van der Waals surface area contributed by atoms with Crippen LogP contribution >= 0.6 is 0 Å². The van der Waals surface area contributed by atoms with E-state index in [0.29, 0.717) is 67.3 Å². The molecule has 0 fully saturated rings. The Morgan fingerprint density at radius 2 is 1.53 bits per heavy atom. The van der Waals surface area contributed by atoms with Crippen molar-refractivity contribution >= 4 is 40.5 Å². The van der Waals surface area contributed by atoms with Crippen LogP contribution < -0.4 is 4.58 Å². The molecule has 0 aliphatic carbocycles. The van der Waals surface area contributed by atoms with Gasteiger partial charge < -0.3 is 18.9 Å². The van der Waals surface area contributed by atoms with Crippen molar-refractivity contribution in [1.29, 1.82) is 0 Å². The van der Waals surface area contributed by atoms with Gasteiger partial charge in [0.1, 0.15) is 17.9 Å². The highest BCUT2D eigenvalue weighted by Crippen LogP contribution is 2.30. The van der Waals surface area contributed by atoms with Crippen molar-refractivity contribution in [2.45, 2.75) is 34.6 Å². The van der Waals surface area contributed by atoms with Crippen LogP contribution in [0.25, 0.3) is 11.4 Å². The van der Waals surface area contributed by atoms with Crippen molar-refractivity contribution in [3.05, 3.63) is 89.7 Å². The second-order valence-electron chi connectivity index (χ2n) is 12.2. The molecule has 0 amide bonds. The van der Waals surface area contributed by atoms with E-state index in [1.807, 2.05) is 44.2 Å². The van der Waals surface area contributed by atoms with Crippen LogP contribution in [0.4, 0.5) is 17.1 Å². The smallest absolute Gasteiger partial charge is 0.437 e. The zero-order valence-electron chi connectivity index (χ0n) is 28.5. The van der Waals surface area contributed by atoms with Crippen LogP contribution in [-0.4, -0.2) is 84.6 Å². The number of nitrogens with zero attached hydrogens (tertiary/aromatic N) is 6. The average molecular weight is 666 g/mol. The molecule has 0 saturated heterocycles. The van der Waals surface area contributed by atoms with Gasteiger partial charge in [0.25, 0.3) is 0 Å². The molecular formula is C37H41N6O6+. The van der Waals surface area contributed by atoms with Gasteiger partial charge in [-0.2, -0.15) is 9.90 Å². The Bertz CT molecular complexity index is 1870. The second-order valence-corrected chi connectivity index (χ2v) is 12.2. The summed E-state index contributed by atoms with van der Waals surface area (Å²) < 4.78 is 22.8. The van der Waals surface area contributed by atoms with Crippen LogP contribution in [0.15, 0.2) is 82.9 Å². The molecule has 0 saturated carbocycles. The van der Waals surface area contributed by atoms with Crippen molar-refractivity contribution in [1.82, 2.24) is 19.4 Å². The number of aliphatic imine (C=N–C) groups is 1. The van der Waals surface area contributed by atoms with Crippen LogP contribution in [0.3, 0.4) is 0 Å². The van der Waals surface area contributed by atoms with Crippen LogP contribution in [0, 0.1) is 12.3 Å². The Hall–Kier alpha value is -5.13. The zero-order chi connectivity index (χ0) is 34.8. The van der Waals surface area contributed by atoms with E-state index in [1.165, 1.54) is 9.37 Å². The highest BCUT2D eigenvalue weighted by molar-refractivity contribution is 6.50. The lowest BCUT2D eigenvalue weighted by molar-refractivity contribution is 0.00182. The number of ether oxygens (including phenoxy) is 4. The van der Waals surface area contributed by atoms with Crippen LogP contribution in [0.5, 0.6) is 0 Å². The maximum atomic E-state index is 13.0. The lowest BCUT2D eigenvalue weighted by atomic mass is 9.87. The Balaban J connectivity index is 1.27. The Morgan fingerprint density at radius 3 is 2.18 bits per heavy atom. The molecule has 0 bridgehead atoms. The third-order valence-corrected chi connectivity index (χ3v) is 7.46. The first kappa shape index (κ1) is 35.2. The van der Waals surface area contributed by atoms with Gasteiger partial charge in [-0.05, 0) is 44.2 Å². The van der Waals surface area contributed by atoms with E-state index in [0.717, 1.165) is 17.0 Å². The van der Waals surface area contributed by atoms with E-state index in [9.17, 15) is 9.59 Å². The van der Waals surface area contributed by atoms with Gasteiger partial charge >= 0.3 is 12.0 Å². The van der Waals surface area contributed by atoms with Gasteiger partial charge in [0.15, 0.2) is 5.82 Å². The van der Waals surface area contributed by atoms with E-state index in [-0.39, 0.29) is 24.2 Å². The molecule has 0 atom stereocenters. The zero-order valence-corrected chi connectivity index (χ0v) is 28.5. The van der Waals surface area contributed by atoms with E-state index in [2.05, 4.69) is 25.9 Å². The van der Waals surface area contributed by atoms with Gasteiger partial charge in [0.2, 0.25) is 17.2 Å². The van der Waals surface area contributed by atoms with Gasteiger partial charge in [-0.3, -0.25) is 0 Å². The maximum absolute atomic E-state index is 13.0. The molecule has 4 aromatic rings. The molecule has 0 radical (unpaired) electrons. The molecule has 0 unspecified atom stereocenters. The molecule has 1 aliphatic heterocycles. The Morgan fingerprint density at radius 1 is 0.878 bits per heavy atom. The molecule has 1 aliphatic rings. The number of carbonyl (C=O) groups excluding carboxylic acids is 2. The molecule has 12 nitrogen and oxygen atoms in total. The van der Waals surface area contributed by atoms with Gasteiger partial charge in [-0.1, -0.05) is 55.2 Å². The number of hydrogen-bond donors (Lipinski definition) is 0. The summed E-state index contributed by atoms with van der Waals surface area (Å²) in [7, 11) is 0. The van der Waals surface area contributed by atoms with E-state index in [4.69, 9.17) is 34.0 Å². The summed E-state index contributed by atoms with van der Waals surface area (Å²) in [5.74, 6) is 0.426. The predicted octanol–water partition coefficient (Wildman–Crippen LogP) is 6.04. The summed E-state index contributed by atoms with van der Waals surface area (Å²) >= 11 is 0. The number of para-hydroxylation sites is 1. The highest BCUT2D eigenvalue weighted by atomic mass is 16.6. The van der Waals surface area contributed by atoms with E-state index < -0.39 is 5.97 Å². The molecule has 49 heavy (non-hydrogen) atoms. The minimum Gasteiger partial charge on any atom is -0.459 e. The number of benzene rings is 3. The topological polar surface area (TPSA) is 130 Å². The quantitative estimate of drug-likeness (QED) is 0.0495. The summed E-state index contributed by atoms with van der Waals surface area (Å²) in [6, 6.07) is 21.7. The van der Waals surface area contributed by atoms with Crippen LogP contribution in [-0.2, 0) is 23.7 Å². The number of fused-ring (bicyclic) bond motifs is 1. The Kier molecular flexibility index (Phi) is 11.7. The third-order valence-electron chi connectivity index (χ3n) is 7.46. The number of rotatable bonds is 15. The number of hydrogen-bond acceptors (Lipinski definition) is 10. The van der Waals surface area contributed by atoms with Crippen molar-refractivity contribution in [2.75, 3.05) is 46.2 Å². The number of aromatic nitrogens is 3. The van der Waals surface area contributed by atoms with Crippen molar-refractivity contribution in [3.63, 3.8) is 0 Å². The summed E-state index contributed by atoms with van der Waals surface area (Å²) in [5.41, 5.74) is 4.90. The summed E-state index contributed by atoms with van der Waals surface area (Å²) in [6.07, 6.45) is 1.94. The third kappa shape index (κ3) is 8.87. The molecule has 254 valence electrons. The molecular weight excluding hydrogens is 624 g/mol. The first-order valence-electron chi connectivity index (χ1n) is 16.2. The molecule has 2 heterocycles. The van der Waals surface area contributed by atoms with Crippen LogP contribution in [0.2, 0.25) is 0 Å². The number of esters is 1. The average Bonchev–Trinajstić information content (AvgIpc) is 3.67. The standard InChI is InChI=1S/C37H41N6O6/c1-6-46-19-20-47-21-22-48-23-24-49-36(45)30-9-7-8-10-31(30)42(25-44)29-17-13-27(14-18-29)34-39-35-32(38-28-15-11-26(2)12-16-28)33(37(3,4)5)40-43(35)41-34/h7-18H,6,19-24H2,1-5H3/q+1. The number of isocyanates is 1. The van der Waals surface area contributed by atoms with Gasteiger partial charge in [-0.25, -0.2) is 14.8 Å². The normalized spacial score (nSPS) is 13.2. The fourth-order valence-electron chi connectivity index (χ4n) is 4.95. The first-order chi connectivity index (χ1) is 23.7. The van der Waals surface area contributed by atoms with Crippen molar-refractivity contribution in [3.8, 4) is 11.4 Å². The lowest BCUT2D eigenvalue weighted by Crippen LogP contribution is -2.27. The SMILES string of the molecule is CCOCCOCCOCCOC(=O)c1ccccc1[N+](=C=O)c1ccc(-c2nc3n(n2)N=C(C(C)(C)C)C3=Nc2ccc(C)cc2)cc1. The molecule has 3 aromatic carbocycles. The van der Waals surface area contributed by atoms with Crippen LogP contribution in [0.1, 0.15) is 49.4 Å². The van der Waals surface area contributed by atoms with E-state index >= 15 is 0 Å². The summed E-state index contributed by atoms with van der Waals surface area (Å²) in [4.78, 5) is 36.5. The monoisotopic (exact) mass is 665 g/mol. The van der Waals surface area contributed by atoms with Gasteiger partial charge in [0, 0.05) is 35.8 Å². The van der Waals surface area contributed by atoms with E-state index in [1.54, 1.807) is 48.5 Å². The van der Waals surface area contributed by atoms with Gasteiger partial charge in [0.05, 0.1) is 44.4 Å². The van der Waals surface area contributed by atoms with Gasteiger partial charge in [-0.15, -0.1) is 9.89 Å². The highest BCUT2D eigenvalue weighted by Gasteiger charge is 2.35. The summed E-state index contributed by atoms with van der Waals surface area (Å²) in [5, 5.41) is 9.40. The fourth-order valence-corrected chi connectivity index (χ4v) is 4.95. The summed E-state index contributed by atoms with van der Waals surface area (Å²) in [6.45, 7) is 12.9. The molecule has 1 aromatic heterocycles. The predicted molar refractivity (Wildman–Crippen MR) is 187 cm³/mol. The van der Waals surface area contributed by atoms with Crippen molar-refractivity contribution < 1.29 is 28.5 Å². The molecule has 0 N–H and O–H groups in total. The minimum absolute atomic E-state index is 0.0476. The molecule has 5 rings (SSSR count). The molecule has 0 spiro atoms. The second kappa shape index (κ2) is 16.3. The minimum atomic E-state index is -0.584. The molecule has 12 heteroatoms. The largest absolute Gasteiger partial charge is 0.459 e.